The number of aliphatic carboxylic acids is 1. The summed E-state index contributed by atoms with van der Waals surface area (Å²) in [6.45, 7) is 1.55. The minimum Gasteiger partial charge on any atom is -0.511 e. The van der Waals surface area contributed by atoms with Crippen molar-refractivity contribution in [2.75, 3.05) is 6.54 Å². The fourth-order valence-electron chi connectivity index (χ4n) is 1.84. The van der Waals surface area contributed by atoms with E-state index in [1.807, 2.05) is 6.92 Å². The smallest absolute Gasteiger partial charge is 0.325 e. The third-order valence-electron chi connectivity index (χ3n) is 2.57. The number of hydrogen-bond donors (Lipinski definition) is 2. The first-order valence-corrected chi connectivity index (χ1v) is 5.77. The maximum Gasteiger partial charge on any atom is 0.325 e. The quantitative estimate of drug-likeness (QED) is 0.579. The molecule has 5 nitrogen and oxygen atoms in total. The van der Waals surface area contributed by atoms with Crippen molar-refractivity contribution in [3.05, 3.63) is 11.3 Å². The molecule has 0 bridgehead atoms. The lowest BCUT2D eigenvalue weighted by molar-refractivity contribution is -0.135. The predicted molar refractivity (Wildman–Crippen MR) is 63.4 cm³/mol. The highest BCUT2D eigenvalue weighted by atomic mass is 16.4. The van der Waals surface area contributed by atoms with Gasteiger partial charge in [-0.3, -0.25) is 14.6 Å². The second-order valence-electron chi connectivity index (χ2n) is 4.01. The fraction of sp³-hybridized carbons (Fsp3) is 0.583. The Morgan fingerprint density at radius 1 is 1.35 bits per heavy atom. The monoisotopic (exact) mass is 239 g/mol. The van der Waals surface area contributed by atoms with Crippen LogP contribution in [0.3, 0.4) is 0 Å². The molecular weight excluding hydrogens is 222 g/mol. The van der Waals surface area contributed by atoms with Crippen molar-refractivity contribution < 1.29 is 19.8 Å². The molecule has 5 heteroatoms. The molecule has 0 saturated heterocycles. The van der Waals surface area contributed by atoms with E-state index in [0.29, 0.717) is 31.4 Å². The maximum absolute atomic E-state index is 11.7. The lowest BCUT2D eigenvalue weighted by Gasteiger charge is -2.17. The Bertz CT molecular complexity index is 382. The van der Waals surface area contributed by atoms with Gasteiger partial charge in [0.1, 0.15) is 12.3 Å². The Hall–Kier alpha value is -1.65. The molecule has 2 N–H and O–H groups in total. The molecule has 94 valence electrons. The SMILES string of the molecule is CCC/C(O)=C1\C(=O)CCCC1=NCC(=O)O. The first-order chi connectivity index (χ1) is 8.06. The van der Waals surface area contributed by atoms with Crippen molar-refractivity contribution in [3.8, 4) is 0 Å². The highest BCUT2D eigenvalue weighted by molar-refractivity contribution is 6.24. The number of ketones is 1. The fourth-order valence-corrected chi connectivity index (χ4v) is 1.84. The van der Waals surface area contributed by atoms with Gasteiger partial charge < -0.3 is 10.2 Å². The summed E-state index contributed by atoms with van der Waals surface area (Å²) in [4.78, 5) is 26.1. The Morgan fingerprint density at radius 2 is 2.06 bits per heavy atom. The molecule has 0 spiro atoms. The molecular formula is C12H17NO4. The molecule has 0 heterocycles. The first-order valence-electron chi connectivity index (χ1n) is 5.77. The molecule has 0 aliphatic heterocycles. The van der Waals surface area contributed by atoms with E-state index in [0.717, 1.165) is 6.42 Å². The van der Waals surface area contributed by atoms with Crippen molar-refractivity contribution in [1.82, 2.24) is 0 Å². The van der Waals surface area contributed by atoms with Crippen molar-refractivity contribution in [1.29, 1.82) is 0 Å². The summed E-state index contributed by atoms with van der Waals surface area (Å²) < 4.78 is 0. The van der Waals surface area contributed by atoms with Gasteiger partial charge in [0.25, 0.3) is 0 Å². The van der Waals surface area contributed by atoms with E-state index in [-0.39, 0.29) is 23.7 Å². The van der Waals surface area contributed by atoms with Crippen LogP contribution < -0.4 is 0 Å². The molecule has 1 rings (SSSR count). The zero-order valence-corrected chi connectivity index (χ0v) is 9.90. The molecule has 0 aromatic heterocycles. The van der Waals surface area contributed by atoms with E-state index in [1.54, 1.807) is 0 Å². The molecule has 0 radical (unpaired) electrons. The number of Topliss-reactive ketones (excluding diaryl/α,β-unsaturated/α-hetero) is 1. The lowest BCUT2D eigenvalue weighted by Crippen LogP contribution is -2.22. The number of carbonyl (C=O) groups is 2. The largest absolute Gasteiger partial charge is 0.511 e. The molecule has 0 aromatic carbocycles. The van der Waals surface area contributed by atoms with Crippen LogP contribution in [0.1, 0.15) is 39.0 Å². The van der Waals surface area contributed by atoms with Crippen molar-refractivity contribution in [3.63, 3.8) is 0 Å². The molecule has 17 heavy (non-hydrogen) atoms. The Labute approximate surface area is 99.9 Å². The number of carboxylic acids is 1. The van der Waals surface area contributed by atoms with Crippen LogP contribution in [0.25, 0.3) is 0 Å². The Kier molecular flexibility index (Phi) is 4.87. The topological polar surface area (TPSA) is 87.0 Å². The standard InChI is InChI=1S/C12H17NO4/c1-2-4-9(14)12-8(13-7-11(16)17)5-3-6-10(12)15/h14H,2-7H2,1H3,(H,16,17)/b12-9+,13-8?. The van der Waals surface area contributed by atoms with E-state index in [2.05, 4.69) is 4.99 Å². The van der Waals surface area contributed by atoms with Crippen LogP contribution in [0.15, 0.2) is 16.3 Å². The zero-order valence-electron chi connectivity index (χ0n) is 9.90. The molecule has 1 fully saturated rings. The second-order valence-corrected chi connectivity index (χ2v) is 4.01. The summed E-state index contributed by atoms with van der Waals surface area (Å²) in [5.74, 6) is -1.13. The number of nitrogens with zero attached hydrogens (tertiary/aromatic N) is 1. The van der Waals surface area contributed by atoms with E-state index >= 15 is 0 Å². The van der Waals surface area contributed by atoms with Gasteiger partial charge in [0.2, 0.25) is 0 Å². The molecule has 1 aliphatic rings. The minimum absolute atomic E-state index is 0.0429. The van der Waals surface area contributed by atoms with Gasteiger partial charge in [-0.05, 0) is 19.3 Å². The van der Waals surface area contributed by atoms with Gasteiger partial charge in [-0.25, -0.2) is 0 Å². The molecule has 1 aliphatic carbocycles. The average Bonchev–Trinajstić information content (AvgIpc) is 2.26. The summed E-state index contributed by atoms with van der Waals surface area (Å²) in [5, 5.41) is 18.4. The number of hydrogen-bond acceptors (Lipinski definition) is 4. The van der Waals surface area contributed by atoms with Crippen LogP contribution in [0, 0.1) is 0 Å². The van der Waals surface area contributed by atoms with Crippen LogP contribution in [0.5, 0.6) is 0 Å². The number of carboxylic acid groups (broad SMARTS) is 1. The predicted octanol–water partition coefficient (Wildman–Crippen LogP) is 1.88. The maximum atomic E-state index is 11.7. The van der Waals surface area contributed by atoms with Crippen LogP contribution in [-0.4, -0.2) is 34.2 Å². The number of aliphatic hydroxyl groups excluding tert-OH is 1. The third-order valence-corrected chi connectivity index (χ3v) is 2.57. The average molecular weight is 239 g/mol. The minimum atomic E-state index is -1.04. The van der Waals surface area contributed by atoms with Crippen molar-refractivity contribution in [2.24, 2.45) is 4.99 Å². The molecule has 0 aromatic rings. The van der Waals surface area contributed by atoms with Gasteiger partial charge in [-0.1, -0.05) is 6.92 Å². The molecule has 0 atom stereocenters. The number of allylic oxidation sites excluding steroid dienone is 2. The van der Waals surface area contributed by atoms with Gasteiger partial charge in [-0.2, -0.15) is 0 Å². The van der Waals surface area contributed by atoms with Gasteiger partial charge in [0, 0.05) is 18.6 Å². The van der Waals surface area contributed by atoms with Gasteiger partial charge in [0.15, 0.2) is 5.78 Å². The number of rotatable bonds is 4. The highest BCUT2D eigenvalue weighted by Gasteiger charge is 2.25. The van der Waals surface area contributed by atoms with Gasteiger partial charge in [0.05, 0.1) is 5.57 Å². The van der Waals surface area contributed by atoms with E-state index in [9.17, 15) is 14.7 Å². The van der Waals surface area contributed by atoms with Gasteiger partial charge in [-0.15, -0.1) is 0 Å². The second kappa shape index (κ2) is 6.18. The van der Waals surface area contributed by atoms with Crippen LogP contribution in [0.4, 0.5) is 0 Å². The molecule has 0 amide bonds. The normalized spacial score (nSPS) is 21.7. The van der Waals surface area contributed by atoms with E-state index in [4.69, 9.17) is 5.11 Å². The van der Waals surface area contributed by atoms with E-state index < -0.39 is 5.97 Å². The number of carbonyl (C=O) groups excluding carboxylic acids is 1. The summed E-state index contributed by atoms with van der Waals surface area (Å²) >= 11 is 0. The molecule has 1 saturated carbocycles. The Balaban J connectivity index is 3.00. The van der Waals surface area contributed by atoms with Crippen LogP contribution in [-0.2, 0) is 9.59 Å². The molecule has 0 unspecified atom stereocenters. The summed E-state index contributed by atoms with van der Waals surface area (Å²) in [6.07, 6.45) is 2.78. The van der Waals surface area contributed by atoms with Crippen molar-refractivity contribution in [2.45, 2.75) is 39.0 Å². The Morgan fingerprint density at radius 3 is 2.65 bits per heavy atom. The summed E-state index contributed by atoms with van der Waals surface area (Å²) in [6, 6.07) is 0. The number of aliphatic imine (C=N–C) groups is 1. The van der Waals surface area contributed by atoms with Gasteiger partial charge >= 0.3 is 5.97 Å². The van der Waals surface area contributed by atoms with Crippen molar-refractivity contribution >= 4 is 17.5 Å². The van der Waals surface area contributed by atoms with Crippen LogP contribution >= 0.6 is 0 Å². The zero-order chi connectivity index (χ0) is 12.8. The third kappa shape index (κ3) is 3.69. The number of aliphatic hydroxyl groups is 1. The highest BCUT2D eigenvalue weighted by Crippen LogP contribution is 2.22. The first kappa shape index (κ1) is 13.4. The van der Waals surface area contributed by atoms with E-state index in [1.165, 1.54) is 0 Å². The lowest BCUT2D eigenvalue weighted by atomic mass is 9.89. The summed E-state index contributed by atoms with van der Waals surface area (Å²) in [5.41, 5.74) is 0.689. The summed E-state index contributed by atoms with van der Waals surface area (Å²) in [7, 11) is 0. The van der Waals surface area contributed by atoms with Crippen LogP contribution in [0.2, 0.25) is 0 Å².